The fourth-order valence-electron chi connectivity index (χ4n) is 3.48. The maximum Gasteiger partial charge on any atom is 0.164 e. The van der Waals surface area contributed by atoms with E-state index in [1.165, 1.54) is 31.4 Å². The highest BCUT2D eigenvalue weighted by molar-refractivity contribution is 5.96. The van der Waals surface area contributed by atoms with Gasteiger partial charge in [0, 0.05) is 18.0 Å². The molecular weight excluding hydrogens is 229 g/mol. The van der Waals surface area contributed by atoms with Crippen LogP contribution in [0.2, 0.25) is 0 Å². The smallest absolute Gasteiger partial charge is 0.164 e. The van der Waals surface area contributed by atoms with Gasteiger partial charge in [0.15, 0.2) is 5.78 Å². The Hall–Kier alpha value is -1.22. The molecular formula is C15H18FNO. The molecule has 3 atom stereocenters. The van der Waals surface area contributed by atoms with Crippen molar-refractivity contribution in [3.8, 4) is 0 Å². The normalized spacial score (nSPS) is 30.4. The lowest BCUT2D eigenvalue weighted by molar-refractivity contribution is 0.0963. The van der Waals surface area contributed by atoms with Crippen molar-refractivity contribution < 1.29 is 9.18 Å². The molecule has 0 bridgehead atoms. The van der Waals surface area contributed by atoms with Crippen molar-refractivity contribution in [2.45, 2.75) is 31.7 Å². The fourth-order valence-corrected chi connectivity index (χ4v) is 3.48. The molecule has 1 saturated carbocycles. The molecule has 3 unspecified atom stereocenters. The van der Waals surface area contributed by atoms with E-state index < -0.39 is 0 Å². The summed E-state index contributed by atoms with van der Waals surface area (Å²) in [6.45, 7) is 1.06. The van der Waals surface area contributed by atoms with Gasteiger partial charge in [-0.15, -0.1) is 0 Å². The predicted octanol–water partition coefficient (Wildman–Crippen LogP) is 2.79. The molecule has 0 radical (unpaired) electrons. The SMILES string of the molecule is O=C(CC1NCC2CCCC21)c1ccc(F)cc1. The highest BCUT2D eigenvalue weighted by atomic mass is 19.1. The van der Waals surface area contributed by atoms with Crippen molar-refractivity contribution in [3.63, 3.8) is 0 Å². The second-order valence-electron chi connectivity index (χ2n) is 5.50. The first-order valence-corrected chi connectivity index (χ1v) is 6.76. The first-order valence-electron chi connectivity index (χ1n) is 6.76. The molecule has 1 saturated heterocycles. The van der Waals surface area contributed by atoms with Crippen molar-refractivity contribution in [3.05, 3.63) is 35.6 Å². The van der Waals surface area contributed by atoms with Gasteiger partial charge < -0.3 is 5.32 Å². The molecule has 2 nitrogen and oxygen atoms in total. The van der Waals surface area contributed by atoms with E-state index in [9.17, 15) is 9.18 Å². The number of halogens is 1. The molecule has 3 heteroatoms. The molecule has 1 aliphatic carbocycles. The summed E-state index contributed by atoms with van der Waals surface area (Å²) in [6, 6.07) is 6.20. The van der Waals surface area contributed by atoms with Gasteiger partial charge >= 0.3 is 0 Å². The molecule has 0 aromatic heterocycles. The van der Waals surface area contributed by atoms with Gasteiger partial charge in [0.1, 0.15) is 5.82 Å². The van der Waals surface area contributed by atoms with Crippen LogP contribution < -0.4 is 5.32 Å². The Morgan fingerprint density at radius 1 is 1.28 bits per heavy atom. The van der Waals surface area contributed by atoms with Crippen LogP contribution in [0, 0.1) is 17.7 Å². The minimum absolute atomic E-state index is 0.125. The van der Waals surface area contributed by atoms with Crippen LogP contribution in [0.3, 0.4) is 0 Å². The summed E-state index contributed by atoms with van der Waals surface area (Å²) in [5.41, 5.74) is 0.625. The number of ketones is 1. The number of hydrogen-bond acceptors (Lipinski definition) is 2. The number of carbonyl (C=O) groups excluding carboxylic acids is 1. The van der Waals surface area contributed by atoms with E-state index in [0.717, 1.165) is 12.5 Å². The summed E-state index contributed by atoms with van der Waals surface area (Å²) >= 11 is 0. The van der Waals surface area contributed by atoms with Gasteiger partial charge in [-0.3, -0.25) is 4.79 Å². The summed E-state index contributed by atoms with van der Waals surface area (Å²) < 4.78 is 12.8. The third kappa shape index (κ3) is 2.19. The van der Waals surface area contributed by atoms with Crippen molar-refractivity contribution >= 4 is 5.78 Å². The van der Waals surface area contributed by atoms with E-state index in [2.05, 4.69) is 5.32 Å². The van der Waals surface area contributed by atoms with Gasteiger partial charge in [0.05, 0.1) is 0 Å². The summed E-state index contributed by atoms with van der Waals surface area (Å²) in [7, 11) is 0. The molecule has 1 aromatic carbocycles. The number of Topliss-reactive ketones (excluding diaryl/α,β-unsaturated/α-hetero) is 1. The van der Waals surface area contributed by atoms with Crippen LogP contribution in [0.1, 0.15) is 36.0 Å². The lowest BCUT2D eigenvalue weighted by Gasteiger charge is -2.17. The maximum absolute atomic E-state index is 12.8. The van der Waals surface area contributed by atoms with E-state index in [1.807, 2.05) is 0 Å². The molecule has 1 aromatic rings. The molecule has 2 fully saturated rings. The zero-order valence-corrected chi connectivity index (χ0v) is 10.4. The number of rotatable bonds is 3. The van der Waals surface area contributed by atoms with Crippen molar-refractivity contribution in [1.29, 1.82) is 0 Å². The second-order valence-corrected chi connectivity index (χ2v) is 5.50. The van der Waals surface area contributed by atoms with Crippen LogP contribution in [-0.2, 0) is 0 Å². The Labute approximate surface area is 107 Å². The van der Waals surface area contributed by atoms with Gasteiger partial charge in [-0.05, 0) is 55.5 Å². The Bertz CT molecular complexity index is 442. The highest BCUT2D eigenvalue weighted by Gasteiger charge is 2.39. The summed E-state index contributed by atoms with van der Waals surface area (Å²) in [5, 5.41) is 3.48. The topological polar surface area (TPSA) is 29.1 Å². The second kappa shape index (κ2) is 4.81. The van der Waals surface area contributed by atoms with Crippen LogP contribution in [0.4, 0.5) is 4.39 Å². The molecule has 1 heterocycles. The summed E-state index contributed by atoms with van der Waals surface area (Å²) in [5.74, 6) is 1.28. The standard InChI is InChI=1S/C15H18FNO/c16-12-6-4-10(5-7-12)15(18)8-14-13-3-1-2-11(13)9-17-14/h4-7,11,13-14,17H,1-3,8-9H2. The number of nitrogens with one attached hydrogen (secondary N) is 1. The lowest BCUT2D eigenvalue weighted by Crippen LogP contribution is -2.29. The first kappa shape index (κ1) is 11.8. The number of hydrogen-bond donors (Lipinski definition) is 1. The van der Waals surface area contributed by atoms with E-state index in [-0.39, 0.29) is 11.6 Å². The third-order valence-corrected chi connectivity index (χ3v) is 4.45. The van der Waals surface area contributed by atoms with Gasteiger partial charge in [0.2, 0.25) is 0 Å². The van der Waals surface area contributed by atoms with E-state index in [1.54, 1.807) is 12.1 Å². The minimum atomic E-state index is -0.290. The minimum Gasteiger partial charge on any atom is -0.313 e. The van der Waals surface area contributed by atoms with E-state index in [0.29, 0.717) is 23.9 Å². The van der Waals surface area contributed by atoms with Gasteiger partial charge in [-0.2, -0.15) is 0 Å². The van der Waals surface area contributed by atoms with E-state index in [4.69, 9.17) is 0 Å². The molecule has 96 valence electrons. The molecule has 2 aliphatic rings. The molecule has 1 N–H and O–H groups in total. The van der Waals surface area contributed by atoms with Crippen LogP contribution in [0.5, 0.6) is 0 Å². The Morgan fingerprint density at radius 2 is 2.06 bits per heavy atom. The molecule has 0 amide bonds. The Kier molecular flexibility index (Phi) is 3.16. The number of carbonyl (C=O) groups is 1. The molecule has 1 aliphatic heterocycles. The fraction of sp³-hybridized carbons (Fsp3) is 0.533. The maximum atomic E-state index is 12.8. The third-order valence-electron chi connectivity index (χ3n) is 4.45. The van der Waals surface area contributed by atoms with Gasteiger partial charge in [-0.1, -0.05) is 6.42 Å². The predicted molar refractivity (Wildman–Crippen MR) is 68.0 cm³/mol. The van der Waals surface area contributed by atoms with Crippen molar-refractivity contribution in [1.82, 2.24) is 5.32 Å². The Morgan fingerprint density at radius 3 is 2.83 bits per heavy atom. The molecule has 0 spiro atoms. The zero-order chi connectivity index (χ0) is 12.5. The zero-order valence-electron chi connectivity index (χ0n) is 10.4. The van der Waals surface area contributed by atoms with Crippen LogP contribution in [0.15, 0.2) is 24.3 Å². The largest absolute Gasteiger partial charge is 0.313 e. The van der Waals surface area contributed by atoms with Crippen LogP contribution >= 0.6 is 0 Å². The average Bonchev–Trinajstić information content (AvgIpc) is 2.95. The highest BCUT2D eigenvalue weighted by Crippen LogP contribution is 2.38. The van der Waals surface area contributed by atoms with Crippen LogP contribution in [0.25, 0.3) is 0 Å². The van der Waals surface area contributed by atoms with Gasteiger partial charge in [-0.25, -0.2) is 4.39 Å². The summed E-state index contributed by atoms with van der Waals surface area (Å²) in [6.07, 6.45) is 4.41. The van der Waals surface area contributed by atoms with Crippen molar-refractivity contribution in [2.24, 2.45) is 11.8 Å². The lowest BCUT2D eigenvalue weighted by atomic mass is 9.90. The summed E-state index contributed by atoms with van der Waals surface area (Å²) in [4.78, 5) is 12.1. The van der Waals surface area contributed by atoms with Crippen molar-refractivity contribution in [2.75, 3.05) is 6.54 Å². The molecule has 3 rings (SSSR count). The average molecular weight is 247 g/mol. The number of benzene rings is 1. The Balaban J connectivity index is 1.66. The monoisotopic (exact) mass is 247 g/mol. The quantitative estimate of drug-likeness (QED) is 0.832. The molecule has 18 heavy (non-hydrogen) atoms. The van der Waals surface area contributed by atoms with Gasteiger partial charge in [0.25, 0.3) is 0 Å². The van der Waals surface area contributed by atoms with Crippen LogP contribution in [-0.4, -0.2) is 18.4 Å². The first-order chi connectivity index (χ1) is 8.74. The van der Waals surface area contributed by atoms with E-state index >= 15 is 0 Å². The number of fused-ring (bicyclic) bond motifs is 1.